The quantitative estimate of drug-likeness (QED) is 0.760. The van der Waals surface area contributed by atoms with Crippen LogP contribution in [0, 0.1) is 6.92 Å². The Bertz CT molecular complexity index is 670. The summed E-state index contributed by atoms with van der Waals surface area (Å²) in [5.41, 5.74) is 7.42. The molecule has 0 spiro atoms. The highest BCUT2D eigenvalue weighted by Crippen LogP contribution is 2.23. The van der Waals surface area contributed by atoms with Crippen molar-refractivity contribution in [3.8, 4) is 0 Å². The van der Waals surface area contributed by atoms with Gasteiger partial charge in [0.2, 0.25) is 5.91 Å². The summed E-state index contributed by atoms with van der Waals surface area (Å²) in [5, 5.41) is 7.50. The van der Waals surface area contributed by atoms with E-state index in [1.165, 1.54) is 11.3 Å². The van der Waals surface area contributed by atoms with E-state index in [1.54, 1.807) is 0 Å². The van der Waals surface area contributed by atoms with Crippen LogP contribution in [0.15, 0.2) is 41.8 Å². The fraction of sp³-hybridized carbons (Fsp3) is 0.294. The average molecular weight is 331 g/mol. The molecule has 0 saturated heterocycles. The van der Waals surface area contributed by atoms with E-state index in [4.69, 9.17) is 5.73 Å². The number of benzene rings is 1. The molecule has 1 aromatic carbocycles. The van der Waals surface area contributed by atoms with E-state index in [0.717, 1.165) is 16.0 Å². The van der Waals surface area contributed by atoms with Crippen LogP contribution in [0.2, 0.25) is 0 Å². The maximum Gasteiger partial charge on any atom is 0.312 e. The number of nitrogens with one attached hydrogen (secondary N) is 2. The fourth-order valence-corrected chi connectivity index (χ4v) is 3.30. The maximum atomic E-state index is 12.3. The first-order chi connectivity index (χ1) is 11.0. The van der Waals surface area contributed by atoms with Crippen LogP contribution in [-0.2, 0) is 4.79 Å². The van der Waals surface area contributed by atoms with E-state index in [0.29, 0.717) is 0 Å². The largest absolute Gasteiger partial charge is 0.352 e. The number of primary amides is 1. The highest BCUT2D eigenvalue weighted by Gasteiger charge is 2.20. The summed E-state index contributed by atoms with van der Waals surface area (Å²) in [7, 11) is 0. The van der Waals surface area contributed by atoms with Crippen molar-refractivity contribution < 1.29 is 9.59 Å². The predicted molar refractivity (Wildman–Crippen MR) is 92.1 cm³/mol. The van der Waals surface area contributed by atoms with Crippen LogP contribution in [0.5, 0.6) is 0 Å². The van der Waals surface area contributed by atoms with E-state index >= 15 is 0 Å². The molecule has 1 aromatic heterocycles. The van der Waals surface area contributed by atoms with Gasteiger partial charge in [0, 0.05) is 4.88 Å². The van der Waals surface area contributed by atoms with Crippen molar-refractivity contribution in [2.75, 3.05) is 0 Å². The van der Waals surface area contributed by atoms with Crippen LogP contribution in [0.3, 0.4) is 0 Å². The SMILES string of the molecule is Cc1ccccc1[C@@H](C)NC(=O)C[C@@H](NC(N)=O)c1cccs1. The molecular weight excluding hydrogens is 310 g/mol. The molecule has 5 nitrogen and oxygen atoms in total. The number of carbonyl (C=O) groups excluding carboxylic acids is 2. The van der Waals surface area contributed by atoms with Crippen molar-refractivity contribution in [3.63, 3.8) is 0 Å². The number of amides is 3. The molecule has 0 bridgehead atoms. The van der Waals surface area contributed by atoms with E-state index in [-0.39, 0.29) is 18.4 Å². The summed E-state index contributed by atoms with van der Waals surface area (Å²) in [6, 6.07) is 10.6. The molecule has 0 aliphatic carbocycles. The van der Waals surface area contributed by atoms with Crippen LogP contribution in [0.4, 0.5) is 4.79 Å². The molecule has 0 fully saturated rings. The minimum Gasteiger partial charge on any atom is -0.352 e. The number of nitrogens with two attached hydrogens (primary N) is 1. The highest BCUT2D eigenvalue weighted by molar-refractivity contribution is 7.10. The number of hydrogen-bond donors (Lipinski definition) is 3. The van der Waals surface area contributed by atoms with Crippen molar-refractivity contribution in [1.29, 1.82) is 0 Å². The zero-order chi connectivity index (χ0) is 16.8. The van der Waals surface area contributed by atoms with Gasteiger partial charge in [0.05, 0.1) is 18.5 Å². The fourth-order valence-electron chi connectivity index (χ4n) is 2.52. The van der Waals surface area contributed by atoms with Crippen molar-refractivity contribution >= 4 is 23.3 Å². The molecule has 3 amide bonds. The van der Waals surface area contributed by atoms with Crippen molar-refractivity contribution in [3.05, 3.63) is 57.8 Å². The molecule has 0 saturated carbocycles. The molecule has 0 radical (unpaired) electrons. The van der Waals surface area contributed by atoms with E-state index in [2.05, 4.69) is 10.6 Å². The molecule has 6 heteroatoms. The van der Waals surface area contributed by atoms with Crippen LogP contribution < -0.4 is 16.4 Å². The summed E-state index contributed by atoms with van der Waals surface area (Å²) < 4.78 is 0. The summed E-state index contributed by atoms with van der Waals surface area (Å²) in [5.74, 6) is -0.132. The zero-order valence-corrected chi connectivity index (χ0v) is 14.0. The Labute approximate surface area is 139 Å². The lowest BCUT2D eigenvalue weighted by molar-refractivity contribution is -0.122. The molecule has 122 valence electrons. The second kappa shape index (κ2) is 7.78. The third kappa shape index (κ3) is 4.82. The Kier molecular flexibility index (Phi) is 5.76. The first-order valence-corrected chi connectivity index (χ1v) is 8.29. The molecule has 0 aliphatic heterocycles. The van der Waals surface area contributed by atoms with Crippen LogP contribution in [0.1, 0.15) is 41.4 Å². The van der Waals surface area contributed by atoms with Crippen molar-refractivity contribution in [2.45, 2.75) is 32.4 Å². The molecule has 0 unspecified atom stereocenters. The third-order valence-corrected chi connectivity index (χ3v) is 4.61. The second-order valence-electron chi connectivity index (χ2n) is 5.43. The molecule has 0 aliphatic rings. The Morgan fingerprint density at radius 1 is 1.17 bits per heavy atom. The van der Waals surface area contributed by atoms with Gasteiger partial charge in [-0.05, 0) is 36.4 Å². The minimum absolute atomic E-state index is 0.0961. The molecule has 1 heterocycles. The van der Waals surface area contributed by atoms with Gasteiger partial charge in [-0.25, -0.2) is 4.79 Å². The molecular formula is C17H21N3O2S. The number of rotatable bonds is 6. The molecule has 4 N–H and O–H groups in total. The average Bonchev–Trinajstić information content (AvgIpc) is 3.00. The topological polar surface area (TPSA) is 84.2 Å². The van der Waals surface area contributed by atoms with Crippen LogP contribution in [0.25, 0.3) is 0 Å². The monoisotopic (exact) mass is 331 g/mol. The van der Waals surface area contributed by atoms with Gasteiger partial charge in [-0.1, -0.05) is 30.3 Å². The molecule has 2 rings (SSSR count). The first-order valence-electron chi connectivity index (χ1n) is 7.41. The lowest BCUT2D eigenvalue weighted by atomic mass is 10.0. The van der Waals surface area contributed by atoms with Gasteiger partial charge in [0.15, 0.2) is 0 Å². The lowest BCUT2D eigenvalue weighted by Crippen LogP contribution is -2.37. The molecule has 23 heavy (non-hydrogen) atoms. The van der Waals surface area contributed by atoms with E-state index in [1.807, 2.05) is 55.6 Å². The van der Waals surface area contributed by atoms with E-state index in [9.17, 15) is 9.59 Å². The van der Waals surface area contributed by atoms with Crippen molar-refractivity contribution in [1.82, 2.24) is 10.6 Å². The van der Waals surface area contributed by atoms with Gasteiger partial charge in [0.25, 0.3) is 0 Å². The Balaban J connectivity index is 2.02. The first kappa shape index (κ1) is 17.0. The van der Waals surface area contributed by atoms with E-state index < -0.39 is 12.1 Å². The van der Waals surface area contributed by atoms with Gasteiger partial charge in [0.1, 0.15) is 0 Å². The van der Waals surface area contributed by atoms with Gasteiger partial charge in [-0.2, -0.15) is 0 Å². The summed E-state index contributed by atoms with van der Waals surface area (Å²) in [6.07, 6.45) is 0.152. The molecule has 2 aromatic rings. The number of hydrogen-bond acceptors (Lipinski definition) is 3. The van der Waals surface area contributed by atoms with Gasteiger partial charge in [-0.15, -0.1) is 11.3 Å². The Hall–Kier alpha value is -2.34. The zero-order valence-electron chi connectivity index (χ0n) is 13.2. The Morgan fingerprint density at radius 3 is 2.52 bits per heavy atom. The summed E-state index contributed by atoms with van der Waals surface area (Å²) in [4.78, 5) is 24.4. The van der Waals surface area contributed by atoms with Crippen LogP contribution >= 0.6 is 11.3 Å². The number of thiophene rings is 1. The van der Waals surface area contributed by atoms with Gasteiger partial charge < -0.3 is 16.4 Å². The molecule has 2 atom stereocenters. The third-order valence-electron chi connectivity index (χ3n) is 3.63. The number of urea groups is 1. The second-order valence-corrected chi connectivity index (χ2v) is 6.41. The maximum absolute atomic E-state index is 12.3. The van der Waals surface area contributed by atoms with Gasteiger partial charge in [-0.3, -0.25) is 4.79 Å². The summed E-state index contributed by atoms with van der Waals surface area (Å²) in [6.45, 7) is 3.96. The van der Waals surface area contributed by atoms with Crippen molar-refractivity contribution in [2.24, 2.45) is 5.73 Å². The smallest absolute Gasteiger partial charge is 0.312 e. The van der Waals surface area contributed by atoms with Gasteiger partial charge >= 0.3 is 6.03 Å². The lowest BCUT2D eigenvalue weighted by Gasteiger charge is -2.20. The van der Waals surface area contributed by atoms with Crippen LogP contribution in [-0.4, -0.2) is 11.9 Å². The number of carbonyl (C=O) groups is 2. The highest BCUT2D eigenvalue weighted by atomic mass is 32.1. The standard InChI is InChI=1S/C17H21N3O2S/c1-11-6-3-4-7-13(11)12(2)19-16(21)10-14(20-17(18)22)15-8-5-9-23-15/h3-9,12,14H,10H2,1-2H3,(H,19,21)(H3,18,20,22)/t12-,14-/m1/s1. The minimum atomic E-state index is -0.636. The predicted octanol–water partition coefficient (Wildman–Crippen LogP) is 3.03. The summed E-state index contributed by atoms with van der Waals surface area (Å²) >= 11 is 1.48. The Morgan fingerprint density at radius 2 is 1.91 bits per heavy atom. The number of aryl methyl sites for hydroxylation is 1. The normalized spacial score (nSPS) is 13.1.